The van der Waals surface area contributed by atoms with E-state index >= 15 is 0 Å². The van der Waals surface area contributed by atoms with E-state index in [1.165, 1.54) is 12.1 Å². The lowest BCUT2D eigenvalue weighted by Crippen LogP contribution is -2.05. The lowest BCUT2D eigenvalue weighted by molar-refractivity contribution is 0.214. The van der Waals surface area contributed by atoms with Gasteiger partial charge in [0.2, 0.25) is 0 Å². The summed E-state index contributed by atoms with van der Waals surface area (Å²) in [6, 6.07) is 8.31. The minimum absolute atomic E-state index is 0.339. The zero-order valence-corrected chi connectivity index (χ0v) is 10.7. The summed E-state index contributed by atoms with van der Waals surface area (Å²) in [6.07, 6.45) is -0.891. The van der Waals surface area contributed by atoms with Gasteiger partial charge < -0.3 is 5.11 Å². The number of aliphatic hydroxyl groups excluding tert-OH is 1. The molecule has 2 aromatic rings. The molecule has 0 aliphatic rings. The lowest BCUT2D eigenvalue weighted by atomic mass is 10.0. The van der Waals surface area contributed by atoms with Gasteiger partial charge in [0.15, 0.2) is 0 Å². The summed E-state index contributed by atoms with van der Waals surface area (Å²) in [5, 5.41) is 10.3. The first-order valence-corrected chi connectivity index (χ1v) is 5.86. The molecular weight excluding hydrogens is 229 g/mol. The van der Waals surface area contributed by atoms with Crippen molar-refractivity contribution in [2.75, 3.05) is 0 Å². The molecule has 3 heteroatoms. The second-order valence-corrected chi connectivity index (χ2v) is 4.68. The van der Waals surface area contributed by atoms with E-state index < -0.39 is 6.10 Å². The maximum atomic E-state index is 13.3. The van der Waals surface area contributed by atoms with Crippen LogP contribution in [0.25, 0.3) is 0 Å². The van der Waals surface area contributed by atoms with Gasteiger partial charge in [0.05, 0.1) is 5.69 Å². The molecule has 1 aromatic carbocycles. The molecule has 0 spiro atoms. The Hall–Kier alpha value is -1.74. The molecule has 2 nitrogen and oxygen atoms in total. The summed E-state index contributed by atoms with van der Waals surface area (Å²) in [4.78, 5) is 4.30. The summed E-state index contributed by atoms with van der Waals surface area (Å²) in [5.41, 5.74) is 3.75. The largest absolute Gasteiger partial charge is 0.382 e. The van der Waals surface area contributed by atoms with Crippen LogP contribution in [0.5, 0.6) is 0 Å². The van der Waals surface area contributed by atoms with Crippen LogP contribution in [0.2, 0.25) is 0 Å². The normalized spacial score (nSPS) is 12.5. The number of aliphatic hydroxyl groups is 1. The smallest absolute Gasteiger partial charge is 0.123 e. The van der Waals surface area contributed by atoms with Gasteiger partial charge in [-0.25, -0.2) is 4.39 Å². The highest BCUT2D eigenvalue weighted by Crippen LogP contribution is 2.23. The second kappa shape index (κ2) is 4.86. The highest BCUT2D eigenvalue weighted by molar-refractivity contribution is 5.32. The predicted octanol–water partition coefficient (Wildman–Crippen LogP) is 3.23. The van der Waals surface area contributed by atoms with Gasteiger partial charge in [0, 0.05) is 5.69 Å². The molecule has 1 heterocycles. The SMILES string of the molecule is Cc1cc(F)cc(C(O)c2cc(C)cc(C)n2)c1. The third-order valence-corrected chi connectivity index (χ3v) is 2.78. The number of pyridine rings is 1. The Balaban J connectivity index is 2.43. The number of aryl methyl sites for hydroxylation is 3. The molecule has 0 bridgehead atoms. The lowest BCUT2D eigenvalue weighted by Gasteiger charge is -2.13. The van der Waals surface area contributed by atoms with E-state index in [-0.39, 0.29) is 5.82 Å². The molecule has 0 aliphatic heterocycles. The van der Waals surface area contributed by atoms with E-state index in [4.69, 9.17) is 0 Å². The zero-order chi connectivity index (χ0) is 13.3. The van der Waals surface area contributed by atoms with Gasteiger partial charge in [-0.15, -0.1) is 0 Å². The average Bonchev–Trinajstić information content (AvgIpc) is 2.25. The standard InChI is InChI=1S/C15H16FNO/c1-9-4-11(3)17-14(7-9)15(18)12-5-10(2)6-13(16)8-12/h4-8,15,18H,1-3H3. The fourth-order valence-electron chi connectivity index (χ4n) is 2.11. The first-order chi connectivity index (χ1) is 8.45. The Bertz CT molecular complexity index is 489. The van der Waals surface area contributed by atoms with E-state index in [0.29, 0.717) is 11.3 Å². The van der Waals surface area contributed by atoms with Gasteiger partial charge in [-0.05, 0) is 61.7 Å². The molecule has 1 aromatic heterocycles. The third kappa shape index (κ3) is 2.74. The quantitative estimate of drug-likeness (QED) is 0.881. The molecule has 0 aliphatic carbocycles. The number of benzene rings is 1. The van der Waals surface area contributed by atoms with Crippen molar-refractivity contribution in [1.82, 2.24) is 4.98 Å². The van der Waals surface area contributed by atoms with Crippen LogP contribution in [0.4, 0.5) is 4.39 Å². The monoisotopic (exact) mass is 245 g/mol. The van der Waals surface area contributed by atoms with Gasteiger partial charge >= 0.3 is 0 Å². The van der Waals surface area contributed by atoms with E-state index in [0.717, 1.165) is 16.8 Å². The van der Waals surface area contributed by atoms with Gasteiger partial charge in [0.1, 0.15) is 11.9 Å². The Labute approximate surface area is 106 Å². The molecule has 1 N–H and O–H groups in total. The van der Waals surface area contributed by atoms with Gasteiger partial charge in [-0.1, -0.05) is 6.07 Å². The number of aromatic nitrogens is 1. The summed E-state index contributed by atoms with van der Waals surface area (Å²) in [5.74, 6) is -0.339. The van der Waals surface area contributed by atoms with Crippen molar-refractivity contribution in [1.29, 1.82) is 0 Å². The van der Waals surface area contributed by atoms with Crippen molar-refractivity contribution in [2.45, 2.75) is 26.9 Å². The average molecular weight is 245 g/mol. The Kier molecular flexibility index (Phi) is 3.43. The summed E-state index contributed by atoms with van der Waals surface area (Å²) < 4.78 is 13.3. The molecule has 0 amide bonds. The summed E-state index contributed by atoms with van der Waals surface area (Å²) in [6.45, 7) is 5.62. The maximum Gasteiger partial charge on any atom is 0.123 e. The van der Waals surface area contributed by atoms with E-state index in [2.05, 4.69) is 4.98 Å². The topological polar surface area (TPSA) is 33.1 Å². The number of hydrogen-bond donors (Lipinski definition) is 1. The molecular formula is C15H16FNO. The molecule has 0 radical (unpaired) electrons. The number of rotatable bonds is 2. The number of halogens is 1. The molecule has 1 unspecified atom stereocenters. The Morgan fingerprint density at radius 2 is 1.67 bits per heavy atom. The highest BCUT2D eigenvalue weighted by atomic mass is 19.1. The highest BCUT2D eigenvalue weighted by Gasteiger charge is 2.14. The molecule has 18 heavy (non-hydrogen) atoms. The van der Waals surface area contributed by atoms with Crippen LogP contribution in [0.3, 0.4) is 0 Å². The van der Waals surface area contributed by atoms with Crippen LogP contribution in [0.15, 0.2) is 30.3 Å². The second-order valence-electron chi connectivity index (χ2n) is 4.68. The van der Waals surface area contributed by atoms with E-state index in [9.17, 15) is 9.50 Å². The molecule has 1 atom stereocenters. The summed E-state index contributed by atoms with van der Waals surface area (Å²) in [7, 11) is 0. The summed E-state index contributed by atoms with van der Waals surface area (Å²) >= 11 is 0. The first kappa shape index (κ1) is 12.7. The molecule has 0 fully saturated rings. The molecule has 0 saturated carbocycles. The predicted molar refractivity (Wildman–Crippen MR) is 68.9 cm³/mol. The van der Waals surface area contributed by atoms with Crippen molar-refractivity contribution in [2.24, 2.45) is 0 Å². The van der Waals surface area contributed by atoms with E-state index in [1.54, 1.807) is 13.0 Å². The van der Waals surface area contributed by atoms with Crippen LogP contribution >= 0.6 is 0 Å². The minimum Gasteiger partial charge on any atom is -0.382 e. The number of hydrogen-bond acceptors (Lipinski definition) is 2. The van der Waals surface area contributed by atoms with Gasteiger partial charge in [0.25, 0.3) is 0 Å². The maximum absolute atomic E-state index is 13.3. The molecule has 0 saturated heterocycles. The van der Waals surface area contributed by atoms with Crippen LogP contribution in [0.1, 0.15) is 34.2 Å². The molecule has 94 valence electrons. The van der Waals surface area contributed by atoms with Crippen LogP contribution < -0.4 is 0 Å². The minimum atomic E-state index is -0.891. The van der Waals surface area contributed by atoms with Crippen molar-refractivity contribution >= 4 is 0 Å². The van der Waals surface area contributed by atoms with Crippen molar-refractivity contribution < 1.29 is 9.50 Å². The van der Waals surface area contributed by atoms with Crippen LogP contribution in [-0.2, 0) is 0 Å². The van der Waals surface area contributed by atoms with Crippen molar-refractivity contribution in [3.8, 4) is 0 Å². The van der Waals surface area contributed by atoms with Gasteiger partial charge in [-0.3, -0.25) is 4.98 Å². The molecule has 2 rings (SSSR count). The van der Waals surface area contributed by atoms with Crippen LogP contribution in [-0.4, -0.2) is 10.1 Å². The van der Waals surface area contributed by atoms with Crippen LogP contribution in [0, 0.1) is 26.6 Å². The first-order valence-electron chi connectivity index (χ1n) is 5.86. The fourth-order valence-corrected chi connectivity index (χ4v) is 2.11. The van der Waals surface area contributed by atoms with Crippen molar-refractivity contribution in [3.63, 3.8) is 0 Å². The Morgan fingerprint density at radius 1 is 1.00 bits per heavy atom. The fraction of sp³-hybridized carbons (Fsp3) is 0.267. The van der Waals surface area contributed by atoms with Gasteiger partial charge in [-0.2, -0.15) is 0 Å². The number of nitrogens with zero attached hydrogens (tertiary/aromatic N) is 1. The van der Waals surface area contributed by atoms with Crippen molar-refractivity contribution in [3.05, 3.63) is 64.2 Å². The Morgan fingerprint density at radius 3 is 2.28 bits per heavy atom. The zero-order valence-electron chi connectivity index (χ0n) is 10.7. The third-order valence-electron chi connectivity index (χ3n) is 2.78. The van der Waals surface area contributed by atoms with E-state index in [1.807, 2.05) is 26.0 Å².